The highest BCUT2D eigenvalue weighted by Gasteiger charge is 2.16. The third-order valence-electron chi connectivity index (χ3n) is 2.88. The van der Waals surface area contributed by atoms with Crippen LogP contribution in [0.4, 0.5) is 17.8 Å². The number of hydrogen-bond acceptors (Lipinski definition) is 8. The zero-order chi connectivity index (χ0) is 17.4. The van der Waals surface area contributed by atoms with Gasteiger partial charge in [-0.1, -0.05) is 13.3 Å². The van der Waals surface area contributed by atoms with Crippen LogP contribution in [-0.2, 0) is 9.59 Å². The van der Waals surface area contributed by atoms with Gasteiger partial charge in [-0.2, -0.15) is 15.0 Å². The summed E-state index contributed by atoms with van der Waals surface area (Å²) in [5.74, 6) is -1.77. The maximum absolute atomic E-state index is 10.9. The van der Waals surface area contributed by atoms with Crippen molar-refractivity contribution in [2.45, 2.75) is 45.7 Å². The first-order chi connectivity index (χ1) is 10.8. The highest BCUT2D eigenvalue weighted by Crippen LogP contribution is 2.11. The van der Waals surface area contributed by atoms with Crippen LogP contribution in [0.15, 0.2) is 0 Å². The number of unbranched alkanes of at least 4 members (excludes halogenated alkanes) is 1. The van der Waals surface area contributed by atoms with Crippen molar-refractivity contribution < 1.29 is 19.8 Å². The lowest BCUT2D eigenvalue weighted by Gasteiger charge is -2.14. The molecule has 0 aromatic carbocycles. The highest BCUT2D eigenvalue weighted by molar-refractivity contribution is 5.77. The standard InChI is InChI=1S/C13H22N6O4/c1-4-5-6-14-11-17-12(15-7(2)9(20)21)19-13(18-11)16-8(3)10(22)23/h7-8H,4-6H2,1-3H3,(H,20,21)(H,22,23)(H3,14,15,16,17,18,19). The predicted octanol–water partition coefficient (Wildman–Crippen LogP) is 0.854. The van der Waals surface area contributed by atoms with E-state index in [0.717, 1.165) is 12.8 Å². The van der Waals surface area contributed by atoms with Crippen molar-refractivity contribution in [1.29, 1.82) is 0 Å². The molecule has 10 nitrogen and oxygen atoms in total. The summed E-state index contributed by atoms with van der Waals surface area (Å²) in [6, 6.07) is -1.80. The van der Waals surface area contributed by atoms with Gasteiger partial charge in [-0.15, -0.1) is 0 Å². The van der Waals surface area contributed by atoms with Gasteiger partial charge in [0.05, 0.1) is 0 Å². The van der Waals surface area contributed by atoms with Crippen molar-refractivity contribution in [3.63, 3.8) is 0 Å². The molecule has 0 fully saturated rings. The smallest absolute Gasteiger partial charge is 0.325 e. The molecule has 0 spiro atoms. The summed E-state index contributed by atoms with van der Waals surface area (Å²) >= 11 is 0. The Morgan fingerprint density at radius 1 is 0.957 bits per heavy atom. The Labute approximate surface area is 133 Å². The van der Waals surface area contributed by atoms with Gasteiger partial charge in [0.1, 0.15) is 12.1 Å². The van der Waals surface area contributed by atoms with Gasteiger partial charge < -0.3 is 26.2 Å². The number of carboxylic acid groups (broad SMARTS) is 2. The lowest BCUT2D eigenvalue weighted by atomic mass is 10.3. The SMILES string of the molecule is CCCCNc1nc(NC(C)C(=O)O)nc(NC(C)C(=O)O)n1. The van der Waals surface area contributed by atoms with E-state index in [4.69, 9.17) is 10.2 Å². The third kappa shape index (κ3) is 6.32. The van der Waals surface area contributed by atoms with Crippen LogP contribution in [0.3, 0.4) is 0 Å². The average Bonchev–Trinajstić information content (AvgIpc) is 2.47. The van der Waals surface area contributed by atoms with Gasteiger partial charge in [-0.25, -0.2) is 0 Å². The minimum Gasteiger partial charge on any atom is -0.480 e. The van der Waals surface area contributed by atoms with E-state index in [9.17, 15) is 9.59 Å². The predicted molar refractivity (Wildman–Crippen MR) is 84.7 cm³/mol. The summed E-state index contributed by atoms with van der Waals surface area (Å²) in [5, 5.41) is 26.1. The maximum atomic E-state index is 10.9. The molecule has 1 aromatic heterocycles. The summed E-state index contributed by atoms with van der Waals surface area (Å²) in [6.45, 7) is 5.58. The number of carbonyl (C=O) groups is 2. The Kier molecular flexibility index (Phi) is 6.97. The van der Waals surface area contributed by atoms with Crippen LogP contribution in [0.5, 0.6) is 0 Å². The third-order valence-corrected chi connectivity index (χ3v) is 2.88. The fourth-order valence-corrected chi connectivity index (χ4v) is 1.47. The molecule has 0 amide bonds. The van der Waals surface area contributed by atoms with E-state index < -0.39 is 24.0 Å². The molecule has 0 bridgehead atoms. The maximum Gasteiger partial charge on any atom is 0.325 e. The number of aliphatic carboxylic acids is 2. The molecule has 10 heteroatoms. The molecule has 1 heterocycles. The number of carboxylic acids is 2. The van der Waals surface area contributed by atoms with Gasteiger partial charge in [-0.05, 0) is 20.3 Å². The van der Waals surface area contributed by atoms with E-state index in [1.165, 1.54) is 13.8 Å². The molecule has 23 heavy (non-hydrogen) atoms. The van der Waals surface area contributed by atoms with Gasteiger partial charge in [0.15, 0.2) is 0 Å². The normalized spacial score (nSPS) is 13.0. The Hall–Kier alpha value is -2.65. The molecule has 128 valence electrons. The molecule has 0 radical (unpaired) electrons. The molecule has 2 unspecified atom stereocenters. The number of aromatic nitrogens is 3. The Balaban J connectivity index is 2.95. The second-order valence-corrected chi connectivity index (χ2v) is 5.00. The zero-order valence-electron chi connectivity index (χ0n) is 13.3. The van der Waals surface area contributed by atoms with Crippen molar-refractivity contribution in [2.75, 3.05) is 22.5 Å². The zero-order valence-corrected chi connectivity index (χ0v) is 13.3. The summed E-state index contributed by atoms with van der Waals surface area (Å²) in [4.78, 5) is 34.0. The number of anilines is 3. The largest absolute Gasteiger partial charge is 0.480 e. The summed E-state index contributed by atoms with van der Waals surface area (Å²) in [7, 11) is 0. The van der Waals surface area contributed by atoms with Crippen LogP contribution < -0.4 is 16.0 Å². The summed E-state index contributed by atoms with van der Waals surface area (Å²) < 4.78 is 0. The molecule has 0 aliphatic heterocycles. The van der Waals surface area contributed by atoms with Crippen LogP contribution in [0.2, 0.25) is 0 Å². The Bertz CT molecular complexity index is 513. The van der Waals surface area contributed by atoms with Gasteiger partial charge >= 0.3 is 11.9 Å². The fraction of sp³-hybridized carbons (Fsp3) is 0.615. The van der Waals surface area contributed by atoms with E-state index in [1.807, 2.05) is 6.92 Å². The van der Waals surface area contributed by atoms with Crippen molar-refractivity contribution in [1.82, 2.24) is 15.0 Å². The average molecular weight is 326 g/mol. The van der Waals surface area contributed by atoms with Gasteiger partial charge in [0.2, 0.25) is 17.8 Å². The van der Waals surface area contributed by atoms with E-state index >= 15 is 0 Å². The monoisotopic (exact) mass is 326 g/mol. The van der Waals surface area contributed by atoms with Crippen LogP contribution in [0.1, 0.15) is 33.6 Å². The van der Waals surface area contributed by atoms with Crippen molar-refractivity contribution in [3.8, 4) is 0 Å². The quantitative estimate of drug-likeness (QED) is 0.392. The first-order valence-corrected chi connectivity index (χ1v) is 7.32. The van der Waals surface area contributed by atoms with E-state index in [-0.39, 0.29) is 17.8 Å². The lowest BCUT2D eigenvalue weighted by molar-refractivity contribution is -0.138. The molecule has 1 aromatic rings. The number of rotatable bonds is 10. The van der Waals surface area contributed by atoms with Gasteiger partial charge in [0.25, 0.3) is 0 Å². The van der Waals surface area contributed by atoms with Crippen molar-refractivity contribution in [2.24, 2.45) is 0 Å². The molecule has 2 atom stereocenters. The lowest BCUT2D eigenvalue weighted by Crippen LogP contribution is -2.29. The topological polar surface area (TPSA) is 149 Å². The highest BCUT2D eigenvalue weighted by atomic mass is 16.4. The van der Waals surface area contributed by atoms with Crippen LogP contribution in [-0.4, -0.2) is 55.7 Å². The molecular formula is C13H22N6O4. The Morgan fingerprint density at radius 3 is 1.78 bits per heavy atom. The van der Waals surface area contributed by atoms with E-state index in [0.29, 0.717) is 6.54 Å². The fourth-order valence-electron chi connectivity index (χ4n) is 1.47. The van der Waals surface area contributed by atoms with Crippen molar-refractivity contribution in [3.05, 3.63) is 0 Å². The van der Waals surface area contributed by atoms with Crippen molar-refractivity contribution >= 4 is 29.8 Å². The first-order valence-electron chi connectivity index (χ1n) is 7.32. The van der Waals surface area contributed by atoms with E-state index in [1.54, 1.807) is 0 Å². The Morgan fingerprint density at radius 2 is 1.39 bits per heavy atom. The van der Waals surface area contributed by atoms with Gasteiger partial charge in [-0.3, -0.25) is 9.59 Å². The molecular weight excluding hydrogens is 304 g/mol. The minimum absolute atomic E-state index is 0.0500. The van der Waals surface area contributed by atoms with Crippen LogP contribution >= 0.6 is 0 Å². The molecule has 0 saturated carbocycles. The first kappa shape index (κ1) is 18.4. The number of nitrogens with one attached hydrogen (secondary N) is 3. The molecule has 0 aliphatic rings. The number of nitrogens with zero attached hydrogens (tertiary/aromatic N) is 3. The molecule has 0 saturated heterocycles. The second kappa shape index (κ2) is 8.71. The molecule has 1 rings (SSSR count). The van der Waals surface area contributed by atoms with Crippen LogP contribution in [0.25, 0.3) is 0 Å². The summed E-state index contributed by atoms with van der Waals surface area (Å²) in [6.07, 6.45) is 1.90. The minimum atomic E-state index is -1.06. The second-order valence-electron chi connectivity index (χ2n) is 5.00. The van der Waals surface area contributed by atoms with Crippen LogP contribution in [0, 0.1) is 0 Å². The molecule has 5 N–H and O–H groups in total. The van der Waals surface area contributed by atoms with E-state index in [2.05, 4.69) is 30.9 Å². The molecule has 0 aliphatic carbocycles. The summed E-state index contributed by atoms with van der Waals surface area (Å²) in [5.41, 5.74) is 0. The number of hydrogen-bond donors (Lipinski definition) is 5. The van der Waals surface area contributed by atoms with Gasteiger partial charge in [0, 0.05) is 6.54 Å².